The lowest BCUT2D eigenvalue weighted by Gasteiger charge is -2.21. The highest BCUT2D eigenvalue weighted by atomic mass is 35.5. The second kappa shape index (κ2) is 9.33. The van der Waals surface area contributed by atoms with E-state index in [9.17, 15) is 18.6 Å². The molecule has 1 aliphatic rings. The number of nitrogens with two attached hydrogens (primary N) is 1. The summed E-state index contributed by atoms with van der Waals surface area (Å²) in [5.74, 6) is 0.224. The van der Waals surface area contributed by atoms with Crippen LogP contribution in [0.5, 0.6) is 0 Å². The van der Waals surface area contributed by atoms with Crippen LogP contribution in [0.3, 0.4) is 0 Å². The molecule has 188 valence electrons. The predicted molar refractivity (Wildman–Crippen MR) is 140 cm³/mol. The number of aliphatic hydroxyl groups excluding tert-OH is 1. The lowest BCUT2D eigenvalue weighted by molar-refractivity contribution is -0.00230. The van der Waals surface area contributed by atoms with Crippen LogP contribution in [-0.2, 0) is 15.6 Å². The van der Waals surface area contributed by atoms with E-state index >= 15 is 0 Å². The van der Waals surface area contributed by atoms with Gasteiger partial charge in [-0.1, -0.05) is 11.6 Å². The molecular weight excluding hydrogens is 522 g/mol. The Balaban J connectivity index is 1.64. The summed E-state index contributed by atoms with van der Waals surface area (Å²) in [5.41, 5.74) is 7.29. The van der Waals surface area contributed by atoms with Crippen molar-refractivity contribution in [2.45, 2.75) is 36.7 Å². The lowest BCUT2D eigenvalue weighted by Crippen LogP contribution is -2.32. The van der Waals surface area contributed by atoms with Crippen LogP contribution in [0.25, 0.3) is 21.5 Å². The zero-order valence-electron chi connectivity index (χ0n) is 19.2. The highest BCUT2D eigenvalue weighted by Crippen LogP contribution is 2.40. The highest BCUT2D eigenvalue weighted by Gasteiger charge is 2.38. The molecule has 5 N–H and O–H groups in total. The van der Waals surface area contributed by atoms with Gasteiger partial charge < -0.3 is 15.9 Å². The van der Waals surface area contributed by atoms with Gasteiger partial charge in [-0.25, -0.2) is 18.1 Å². The predicted octanol–water partition coefficient (Wildman–Crippen LogP) is 3.36. The Hall–Kier alpha value is -2.67. The molecule has 2 atom stereocenters. The molecule has 12 heteroatoms. The third kappa shape index (κ3) is 4.82. The largest absolute Gasteiger partial charge is 0.393 e. The van der Waals surface area contributed by atoms with Crippen LogP contribution in [0.15, 0.2) is 48.8 Å². The fourth-order valence-corrected chi connectivity index (χ4v) is 6.87. The number of nitrogen functional groups attached to an aromatic ring is 1. The van der Waals surface area contributed by atoms with E-state index in [-0.39, 0.29) is 5.82 Å². The van der Waals surface area contributed by atoms with Crippen LogP contribution in [0.2, 0.25) is 5.02 Å². The number of hydrogen-bond donors (Lipinski definition) is 4. The summed E-state index contributed by atoms with van der Waals surface area (Å²) in [6.07, 6.45) is 4.43. The minimum absolute atomic E-state index is 0.224. The number of rotatable bonds is 8. The van der Waals surface area contributed by atoms with Crippen LogP contribution in [0, 0.1) is 0 Å². The van der Waals surface area contributed by atoms with Crippen LogP contribution in [-0.4, -0.2) is 45.4 Å². The van der Waals surface area contributed by atoms with Gasteiger partial charge in [-0.05, 0) is 61.7 Å². The Bertz CT molecular complexity index is 1550. The fourth-order valence-electron chi connectivity index (χ4n) is 3.87. The molecule has 4 heterocycles. The third-order valence-corrected chi connectivity index (χ3v) is 9.55. The normalized spacial score (nSPS) is 16.7. The van der Waals surface area contributed by atoms with Crippen molar-refractivity contribution in [2.75, 3.05) is 12.3 Å². The summed E-state index contributed by atoms with van der Waals surface area (Å²) >= 11 is 7.79. The van der Waals surface area contributed by atoms with Crippen LogP contribution >= 0.6 is 22.9 Å². The van der Waals surface area contributed by atoms with Crippen LogP contribution in [0.4, 0.5) is 5.82 Å². The van der Waals surface area contributed by atoms with Gasteiger partial charge >= 0.3 is 0 Å². The van der Waals surface area contributed by atoms with Gasteiger partial charge in [0.25, 0.3) is 0 Å². The monoisotopic (exact) mass is 545 g/mol. The van der Waals surface area contributed by atoms with Gasteiger partial charge in [0, 0.05) is 22.8 Å². The molecule has 0 spiro atoms. The number of nitrogens with zero attached hydrogens (tertiary/aromatic N) is 3. The Labute approximate surface area is 217 Å². The van der Waals surface area contributed by atoms with E-state index in [0.29, 0.717) is 45.2 Å². The zero-order valence-corrected chi connectivity index (χ0v) is 21.6. The molecular formula is C24H24ClN5O4S2. The van der Waals surface area contributed by atoms with Gasteiger partial charge in [0.1, 0.15) is 11.4 Å². The van der Waals surface area contributed by atoms with Gasteiger partial charge in [0.2, 0.25) is 10.0 Å². The number of aliphatic hydroxyl groups is 2. The summed E-state index contributed by atoms with van der Waals surface area (Å²) in [6, 6.07) is 9.27. The molecule has 36 heavy (non-hydrogen) atoms. The molecule has 4 aromatic rings. The molecule has 0 bridgehead atoms. The summed E-state index contributed by atoms with van der Waals surface area (Å²) in [4.78, 5) is 13.9. The van der Waals surface area contributed by atoms with Gasteiger partial charge in [-0.2, -0.15) is 0 Å². The number of aromatic nitrogens is 3. The van der Waals surface area contributed by atoms with E-state index in [2.05, 4.69) is 19.7 Å². The van der Waals surface area contributed by atoms with Crippen molar-refractivity contribution in [3.05, 3.63) is 69.9 Å². The number of halogens is 1. The van der Waals surface area contributed by atoms with Crippen LogP contribution in [0.1, 0.15) is 41.9 Å². The first-order chi connectivity index (χ1) is 17.1. The van der Waals surface area contributed by atoms with Gasteiger partial charge in [-0.15, -0.1) is 11.3 Å². The van der Waals surface area contributed by atoms with E-state index in [1.54, 1.807) is 48.8 Å². The number of nitrogens with one attached hydrogen (secondary N) is 1. The zero-order chi connectivity index (χ0) is 25.7. The van der Waals surface area contributed by atoms with Gasteiger partial charge in [0.15, 0.2) is 0 Å². The maximum Gasteiger partial charge on any atom is 0.215 e. The number of hydrogen-bond acceptors (Lipinski definition) is 9. The van der Waals surface area contributed by atoms with Crippen molar-refractivity contribution in [3.63, 3.8) is 0 Å². The van der Waals surface area contributed by atoms with E-state index in [4.69, 9.17) is 17.3 Å². The Morgan fingerprint density at radius 1 is 1.22 bits per heavy atom. The number of sulfonamides is 1. The average molecular weight is 546 g/mol. The molecule has 0 radical (unpaired) electrons. The Morgan fingerprint density at radius 2 is 1.97 bits per heavy atom. The number of pyridine rings is 3. The first-order valence-corrected chi connectivity index (χ1v) is 13.9. The molecule has 0 aliphatic heterocycles. The molecule has 1 saturated carbocycles. The second-order valence-corrected chi connectivity index (χ2v) is 12.5. The first kappa shape index (κ1) is 25.0. The van der Waals surface area contributed by atoms with E-state index < -0.39 is 33.5 Å². The number of fused-ring (bicyclic) bond motifs is 1. The van der Waals surface area contributed by atoms with Crippen molar-refractivity contribution in [2.24, 2.45) is 0 Å². The van der Waals surface area contributed by atoms with Crippen molar-refractivity contribution in [1.82, 2.24) is 19.7 Å². The minimum atomic E-state index is -3.60. The van der Waals surface area contributed by atoms with Gasteiger partial charge in [0.05, 0.1) is 44.5 Å². The van der Waals surface area contributed by atoms with Crippen molar-refractivity contribution in [1.29, 1.82) is 0 Å². The van der Waals surface area contributed by atoms with Crippen molar-refractivity contribution >= 4 is 49.0 Å². The summed E-state index contributed by atoms with van der Waals surface area (Å²) in [7, 11) is -3.60. The maximum atomic E-state index is 12.9. The minimum Gasteiger partial charge on any atom is -0.393 e. The Morgan fingerprint density at radius 3 is 2.69 bits per heavy atom. The molecule has 1 aliphatic carbocycles. The van der Waals surface area contributed by atoms with Crippen LogP contribution < -0.4 is 10.5 Å². The van der Waals surface area contributed by atoms with Crippen molar-refractivity contribution in [3.8, 4) is 11.3 Å². The smallest absolute Gasteiger partial charge is 0.215 e. The van der Waals surface area contributed by atoms with Gasteiger partial charge in [-0.3, -0.25) is 9.97 Å². The molecule has 4 aromatic heterocycles. The average Bonchev–Trinajstić information content (AvgIpc) is 3.64. The van der Waals surface area contributed by atoms with E-state index in [1.807, 2.05) is 0 Å². The van der Waals surface area contributed by atoms with Crippen molar-refractivity contribution < 1.29 is 18.6 Å². The molecule has 5 rings (SSSR count). The summed E-state index contributed by atoms with van der Waals surface area (Å²) < 4.78 is 29.4. The highest BCUT2D eigenvalue weighted by molar-refractivity contribution is 7.90. The summed E-state index contributed by atoms with van der Waals surface area (Å²) in [5, 5.41) is 19.9. The number of anilines is 1. The van der Waals surface area contributed by atoms with E-state index in [1.165, 1.54) is 18.3 Å². The quantitative estimate of drug-likeness (QED) is 0.263. The molecule has 9 nitrogen and oxygen atoms in total. The van der Waals surface area contributed by atoms with E-state index in [0.717, 1.165) is 10.3 Å². The SMILES string of the molecule is CC(O)(CO)c1ccnc(-c2ccnc3cc(C(NS(=O)(=O)C4CC4)c4nc(N)ccc4Cl)sc23)c1. The lowest BCUT2D eigenvalue weighted by atomic mass is 9.96. The summed E-state index contributed by atoms with van der Waals surface area (Å²) in [6.45, 7) is 1.08. The standard InChI is InChI=1S/C24H24ClN5O4S2/c1-24(32,12-31)13-6-8-27-17(10-13)15-7-9-28-18-11-19(35-23(15)18)22(30-36(33,34)14-2-3-14)21-16(25)4-5-20(26)29-21/h4-11,14,22,30-32H,2-3,12H2,1H3,(H2,26,29). The molecule has 2 unspecified atom stereocenters. The number of thiophene rings is 1. The maximum absolute atomic E-state index is 12.9. The Kier molecular flexibility index (Phi) is 6.48. The topological polar surface area (TPSA) is 151 Å². The third-order valence-electron chi connectivity index (χ3n) is 6.09. The molecule has 1 fully saturated rings. The molecule has 0 saturated heterocycles. The molecule has 0 amide bonds. The first-order valence-electron chi connectivity index (χ1n) is 11.2. The molecule has 0 aromatic carbocycles. The fraction of sp³-hybridized carbons (Fsp3) is 0.292. The second-order valence-electron chi connectivity index (χ2n) is 8.98.